The van der Waals surface area contributed by atoms with Crippen LogP contribution >= 0.6 is 0 Å². The Balaban J connectivity index is 1.79. The first-order valence-corrected chi connectivity index (χ1v) is 10.1. The molecule has 1 aromatic carbocycles. The van der Waals surface area contributed by atoms with Crippen LogP contribution in [-0.4, -0.2) is 48.3 Å². The first kappa shape index (κ1) is 21.9. The normalized spacial score (nSPS) is 16.0. The molecule has 154 valence electrons. The molecule has 28 heavy (non-hydrogen) atoms. The van der Waals surface area contributed by atoms with Gasteiger partial charge in [0.25, 0.3) is 5.91 Å². The molecule has 1 saturated heterocycles. The van der Waals surface area contributed by atoms with Crippen LogP contribution in [0.3, 0.4) is 0 Å². The summed E-state index contributed by atoms with van der Waals surface area (Å²) in [7, 11) is 0. The first-order chi connectivity index (χ1) is 13.2. The van der Waals surface area contributed by atoms with E-state index >= 15 is 0 Å². The number of carbonyl (C=O) groups is 3. The van der Waals surface area contributed by atoms with Crippen LogP contribution in [0, 0.1) is 25.7 Å². The average Bonchev–Trinajstić information content (AvgIpc) is 2.64. The van der Waals surface area contributed by atoms with E-state index in [4.69, 9.17) is 0 Å². The van der Waals surface area contributed by atoms with E-state index in [1.165, 1.54) is 0 Å². The van der Waals surface area contributed by atoms with Gasteiger partial charge in [0.2, 0.25) is 11.8 Å². The highest BCUT2D eigenvalue weighted by Gasteiger charge is 2.28. The second-order valence-electron chi connectivity index (χ2n) is 8.26. The molecule has 2 rings (SSSR count). The van der Waals surface area contributed by atoms with Crippen molar-refractivity contribution in [1.29, 1.82) is 0 Å². The predicted molar refractivity (Wildman–Crippen MR) is 110 cm³/mol. The molecule has 3 amide bonds. The van der Waals surface area contributed by atoms with Gasteiger partial charge in [0.1, 0.15) is 0 Å². The highest BCUT2D eigenvalue weighted by atomic mass is 16.2. The van der Waals surface area contributed by atoms with Crippen LogP contribution in [0.2, 0.25) is 0 Å². The van der Waals surface area contributed by atoms with Gasteiger partial charge in [0.05, 0.1) is 6.54 Å². The summed E-state index contributed by atoms with van der Waals surface area (Å²) in [6.07, 6.45) is 1.32. The van der Waals surface area contributed by atoms with Gasteiger partial charge in [0.15, 0.2) is 0 Å². The Morgan fingerprint density at radius 3 is 2.14 bits per heavy atom. The van der Waals surface area contributed by atoms with Gasteiger partial charge in [-0.05, 0) is 51.7 Å². The fraction of sp³-hybridized carbons (Fsp3) is 0.591. The van der Waals surface area contributed by atoms with Crippen molar-refractivity contribution in [3.63, 3.8) is 0 Å². The molecule has 1 aliphatic rings. The number of benzene rings is 1. The summed E-state index contributed by atoms with van der Waals surface area (Å²) in [6.45, 7) is 11.1. The summed E-state index contributed by atoms with van der Waals surface area (Å²) in [5.41, 5.74) is 2.60. The number of aryl methyl sites for hydroxylation is 2. The van der Waals surface area contributed by atoms with E-state index in [0.29, 0.717) is 37.4 Å². The zero-order chi connectivity index (χ0) is 20.8. The maximum Gasteiger partial charge on any atom is 0.251 e. The molecule has 0 saturated carbocycles. The van der Waals surface area contributed by atoms with Crippen molar-refractivity contribution in [2.24, 2.45) is 11.8 Å². The summed E-state index contributed by atoms with van der Waals surface area (Å²) in [4.78, 5) is 38.8. The molecule has 0 aromatic heterocycles. The fourth-order valence-corrected chi connectivity index (χ4v) is 3.38. The summed E-state index contributed by atoms with van der Waals surface area (Å²) in [5, 5.41) is 5.77. The van der Waals surface area contributed by atoms with E-state index in [9.17, 15) is 14.4 Å². The van der Waals surface area contributed by atoms with Gasteiger partial charge in [0, 0.05) is 30.6 Å². The lowest BCUT2D eigenvalue weighted by atomic mass is 9.94. The second kappa shape index (κ2) is 9.71. The Morgan fingerprint density at radius 2 is 1.61 bits per heavy atom. The SMILES string of the molecule is Cc1cc(C)cc(C(=O)NCC(=O)N2CCC(C(=O)NC(C)C(C)C)CC2)c1. The third-order valence-corrected chi connectivity index (χ3v) is 5.47. The molecule has 1 fully saturated rings. The van der Waals surface area contributed by atoms with E-state index in [-0.39, 0.29) is 36.2 Å². The number of amides is 3. The van der Waals surface area contributed by atoms with Crippen LogP contribution in [0.5, 0.6) is 0 Å². The zero-order valence-electron chi connectivity index (χ0n) is 17.7. The minimum atomic E-state index is -0.239. The molecular weight excluding hydrogens is 354 g/mol. The Hall–Kier alpha value is -2.37. The van der Waals surface area contributed by atoms with E-state index < -0.39 is 0 Å². The van der Waals surface area contributed by atoms with Crippen molar-refractivity contribution in [3.05, 3.63) is 34.9 Å². The van der Waals surface area contributed by atoms with Crippen molar-refractivity contribution in [3.8, 4) is 0 Å². The van der Waals surface area contributed by atoms with E-state index in [1.54, 1.807) is 4.90 Å². The van der Waals surface area contributed by atoms with Crippen LogP contribution in [0.4, 0.5) is 0 Å². The number of carbonyl (C=O) groups excluding carboxylic acids is 3. The van der Waals surface area contributed by atoms with Crippen LogP contribution < -0.4 is 10.6 Å². The standard InChI is InChI=1S/C22H33N3O3/c1-14(2)17(5)24-22(28)18-6-8-25(9-7-18)20(26)13-23-21(27)19-11-15(3)10-16(4)12-19/h10-12,14,17-18H,6-9,13H2,1-5H3,(H,23,27)(H,24,28). The van der Waals surface area contributed by atoms with Crippen LogP contribution in [-0.2, 0) is 9.59 Å². The van der Waals surface area contributed by atoms with Crippen molar-refractivity contribution >= 4 is 17.7 Å². The van der Waals surface area contributed by atoms with Crippen LogP contribution in [0.1, 0.15) is 55.1 Å². The van der Waals surface area contributed by atoms with Crippen molar-refractivity contribution in [2.75, 3.05) is 19.6 Å². The van der Waals surface area contributed by atoms with Gasteiger partial charge in [-0.15, -0.1) is 0 Å². The van der Waals surface area contributed by atoms with Crippen LogP contribution in [0.15, 0.2) is 18.2 Å². The van der Waals surface area contributed by atoms with Gasteiger partial charge < -0.3 is 15.5 Å². The highest BCUT2D eigenvalue weighted by molar-refractivity contribution is 5.96. The third kappa shape index (κ3) is 6.08. The van der Waals surface area contributed by atoms with Crippen molar-refractivity contribution in [2.45, 2.75) is 53.5 Å². The zero-order valence-corrected chi connectivity index (χ0v) is 17.7. The molecule has 6 nitrogen and oxygen atoms in total. The van der Waals surface area contributed by atoms with E-state index in [2.05, 4.69) is 24.5 Å². The largest absolute Gasteiger partial charge is 0.353 e. The van der Waals surface area contributed by atoms with E-state index in [0.717, 1.165) is 11.1 Å². The maximum atomic E-state index is 12.4. The monoisotopic (exact) mass is 387 g/mol. The quantitative estimate of drug-likeness (QED) is 0.787. The molecule has 1 heterocycles. The van der Waals surface area contributed by atoms with Crippen molar-refractivity contribution in [1.82, 2.24) is 15.5 Å². The van der Waals surface area contributed by atoms with Gasteiger partial charge in [-0.2, -0.15) is 0 Å². The number of rotatable bonds is 6. The molecule has 1 aromatic rings. The Kier molecular flexibility index (Phi) is 7.61. The lowest BCUT2D eigenvalue weighted by Gasteiger charge is -2.32. The molecule has 0 bridgehead atoms. The summed E-state index contributed by atoms with van der Waals surface area (Å²) >= 11 is 0. The number of nitrogens with zero attached hydrogens (tertiary/aromatic N) is 1. The molecule has 1 atom stereocenters. The summed E-state index contributed by atoms with van der Waals surface area (Å²) < 4.78 is 0. The average molecular weight is 388 g/mol. The van der Waals surface area contributed by atoms with E-state index in [1.807, 2.05) is 39.0 Å². The Morgan fingerprint density at radius 1 is 1.04 bits per heavy atom. The first-order valence-electron chi connectivity index (χ1n) is 10.1. The van der Waals surface area contributed by atoms with Crippen LogP contribution in [0.25, 0.3) is 0 Å². The molecule has 0 aliphatic carbocycles. The smallest absolute Gasteiger partial charge is 0.251 e. The summed E-state index contributed by atoms with van der Waals surface area (Å²) in [6, 6.07) is 5.78. The van der Waals surface area contributed by atoms with Gasteiger partial charge in [-0.3, -0.25) is 14.4 Å². The number of hydrogen-bond donors (Lipinski definition) is 2. The minimum Gasteiger partial charge on any atom is -0.353 e. The summed E-state index contributed by atoms with van der Waals surface area (Å²) in [5.74, 6) is 0.0853. The fourth-order valence-electron chi connectivity index (χ4n) is 3.38. The Bertz CT molecular complexity index is 701. The molecule has 1 aliphatic heterocycles. The second-order valence-corrected chi connectivity index (χ2v) is 8.26. The van der Waals surface area contributed by atoms with Crippen molar-refractivity contribution < 1.29 is 14.4 Å². The minimum absolute atomic E-state index is 0.0208. The predicted octanol–water partition coefficient (Wildman–Crippen LogP) is 2.43. The third-order valence-electron chi connectivity index (χ3n) is 5.47. The van der Waals surface area contributed by atoms with Gasteiger partial charge in [-0.25, -0.2) is 0 Å². The lowest BCUT2D eigenvalue weighted by Crippen LogP contribution is -2.47. The molecule has 0 radical (unpaired) electrons. The molecular formula is C22H33N3O3. The van der Waals surface area contributed by atoms with Gasteiger partial charge >= 0.3 is 0 Å². The highest BCUT2D eigenvalue weighted by Crippen LogP contribution is 2.18. The lowest BCUT2D eigenvalue weighted by molar-refractivity contribution is -0.135. The molecule has 1 unspecified atom stereocenters. The molecule has 6 heteroatoms. The topological polar surface area (TPSA) is 78.5 Å². The number of hydrogen-bond acceptors (Lipinski definition) is 3. The Labute approximate surface area is 168 Å². The number of nitrogens with one attached hydrogen (secondary N) is 2. The number of likely N-dealkylation sites (tertiary alicyclic amines) is 1. The number of piperidine rings is 1. The van der Waals surface area contributed by atoms with Gasteiger partial charge in [-0.1, -0.05) is 31.0 Å². The molecule has 0 spiro atoms. The molecule has 2 N–H and O–H groups in total. The maximum absolute atomic E-state index is 12.4.